The molecule has 0 unspecified atom stereocenters. The van der Waals surface area contributed by atoms with Gasteiger partial charge in [-0.1, -0.05) is 62.4 Å². The molecule has 2 aromatic carbocycles. The van der Waals surface area contributed by atoms with E-state index in [-0.39, 0.29) is 17.7 Å². The van der Waals surface area contributed by atoms with Crippen molar-refractivity contribution in [2.24, 2.45) is 10.9 Å². The van der Waals surface area contributed by atoms with Gasteiger partial charge in [0.15, 0.2) is 5.84 Å². The first kappa shape index (κ1) is 23.2. The number of nitrogens with zero attached hydrogens (tertiary/aromatic N) is 4. The summed E-state index contributed by atoms with van der Waals surface area (Å²) in [6.07, 6.45) is 0. The van der Waals surface area contributed by atoms with Crippen LogP contribution in [0.4, 0.5) is 0 Å². The quantitative estimate of drug-likeness (QED) is 0.621. The summed E-state index contributed by atoms with van der Waals surface area (Å²) < 4.78 is 0. The molecule has 0 bridgehead atoms. The zero-order valence-electron chi connectivity index (χ0n) is 20.5. The minimum atomic E-state index is -0.883. The number of hydrogen-bond acceptors (Lipinski definition) is 5. The van der Waals surface area contributed by atoms with Crippen molar-refractivity contribution in [1.29, 1.82) is 0 Å². The van der Waals surface area contributed by atoms with E-state index in [0.29, 0.717) is 30.2 Å². The van der Waals surface area contributed by atoms with Crippen molar-refractivity contribution in [2.75, 3.05) is 26.2 Å². The van der Waals surface area contributed by atoms with Crippen LogP contribution >= 0.6 is 0 Å². The number of para-hydroxylation sites is 1. The number of hydrogen-bond donors (Lipinski definition) is 1. The van der Waals surface area contributed by atoms with Crippen LogP contribution in [-0.2, 0) is 11.3 Å². The molecule has 1 fully saturated rings. The zero-order valence-corrected chi connectivity index (χ0v) is 20.5. The lowest BCUT2D eigenvalue weighted by atomic mass is 9.89. The Morgan fingerprint density at radius 1 is 1.03 bits per heavy atom. The molecule has 35 heavy (non-hydrogen) atoms. The number of amidine groups is 1. The Labute approximate surface area is 205 Å². The van der Waals surface area contributed by atoms with Crippen LogP contribution in [-0.4, -0.2) is 64.2 Å². The third kappa shape index (κ3) is 4.44. The molecule has 180 valence electrons. The van der Waals surface area contributed by atoms with E-state index in [4.69, 9.17) is 9.98 Å². The Morgan fingerprint density at radius 2 is 1.71 bits per heavy atom. The van der Waals surface area contributed by atoms with Crippen LogP contribution in [0.5, 0.6) is 0 Å². The third-order valence-electron chi connectivity index (χ3n) is 7.25. The average molecular weight is 470 g/mol. The summed E-state index contributed by atoms with van der Waals surface area (Å²) >= 11 is 0. The molecule has 0 spiro atoms. The van der Waals surface area contributed by atoms with E-state index in [2.05, 4.69) is 34.5 Å². The summed E-state index contributed by atoms with van der Waals surface area (Å²) in [5.41, 5.74) is 2.08. The maximum Gasteiger partial charge on any atom is 0.256 e. The average Bonchev–Trinajstić information content (AvgIpc) is 3.19. The highest BCUT2D eigenvalue weighted by atomic mass is 16.2. The maximum absolute atomic E-state index is 13.8. The van der Waals surface area contributed by atoms with Crippen LogP contribution in [0.3, 0.4) is 0 Å². The Bertz CT molecular complexity index is 1300. The summed E-state index contributed by atoms with van der Waals surface area (Å²) in [7, 11) is 0. The van der Waals surface area contributed by atoms with Gasteiger partial charge >= 0.3 is 0 Å². The number of fused-ring (bicyclic) bond motifs is 1. The first-order chi connectivity index (χ1) is 16.8. The number of aliphatic imine (C=N–C) groups is 1. The van der Waals surface area contributed by atoms with Gasteiger partial charge in [0.05, 0.1) is 11.1 Å². The number of aromatic nitrogens is 1. The molecule has 1 atom stereocenters. The number of nitrogens with one attached hydrogen (secondary N) is 1. The van der Waals surface area contributed by atoms with Crippen molar-refractivity contribution in [3.05, 3.63) is 77.5 Å². The SMILES string of the molecule is CC(C)[C@@]1(C)N=C(c2nc3ccccc3cc2C(=O)N2CCN(Cc3ccccc3)CC2)NC1=O. The number of benzene rings is 2. The summed E-state index contributed by atoms with van der Waals surface area (Å²) in [5.74, 6) is 0.151. The van der Waals surface area contributed by atoms with Gasteiger partial charge in [-0.2, -0.15) is 0 Å². The van der Waals surface area contributed by atoms with E-state index < -0.39 is 5.54 Å². The van der Waals surface area contributed by atoms with Gasteiger partial charge < -0.3 is 10.2 Å². The second kappa shape index (κ2) is 9.23. The van der Waals surface area contributed by atoms with E-state index in [1.807, 2.05) is 62.1 Å². The van der Waals surface area contributed by atoms with Gasteiger partial charge in [-0.3, -0.25) is 14.5 Å². The number of rotatable bonds is 5. The van der Waals surface area contributed by atoms with Crippen LogP contribution in [0.15, 0.2) is 65.7 Å². The normalized spacial score (nSPS) is 20.9. The second-order valence-corrected chi connectivity index (χ2v) is 9.85. The molecule has 2 aliphatic heterocycles. The Balaban J connectivity index is 1.43. The fourth-order valence-corrected chi connectivity index (χ4v) is 4.63. The van der Waals surface area contributed by atoms with E-state index in [1.165, 1.54) is 5.56 Å². The van der Waals surface area contributed by atoms with Gasteiger partial charge in [-0.15, -0.1) is 0 Å². The van der Waals surface area contributed by atoms with Crippen molar-refractivity contribution in [3.8, 4) is 0 Å². The highest BCUT2D eigenvalue weighted by Crippen LogP contribution is 2.28. The zero-order chi connectivity index (χ0) is 24.6. The van der Waals surface area contributed by atoms with Crippen LogP contribution in [0.1, 0.15) is 42.4 Å². The predicted octanol–water partition coefficient (Wildman–Crippen LogP) is 3.48. The number of carbonyl (C=O) groups excluding carboxylic acids is 2. The fraction of sp³-hybridized carbons (Fsp3) is 0.357. The Morgan fingerprint density at radius 3 is 2.40 bits per heavy atom. The minimum Gasteiger partial charge on any atom is -0.336 e. The van der Waals surface area contributed by atoms with Gasteiger partial charge in [0.1, 0.15) is 11.2 Å². The molecule has 0 aliphatic carbocycles. The minimum absolute atomic E-state index is 0.0114. The standard InChI is InChI=1S/C28H31N5O2/c1-19(2)28(3)27(35)30-25(31-28)24-22(17-21-11-7-8-12-23(21)29-24)26(34)33-15-13-32(14-16-33)18-20-9-5-4-6-10-20/h4-12,17,19H,13-16,18H2,1-3H3,(H,30,31,35)/t28-/m1/s1. The molecule has 1 N–H and O–H groups in total. The molecule has 3 heterocycles. The predicted molar refractivity (Wildman–Crippen MR) is 137 cm³/mol. The van der Waals surface area contributed by atoms with Gasteiger partial charge in [0.25, 0.3) is 11.8 Å². The van der Waals surface area contributed by atoms with Crippen LogP contribution in [0, 0.1) is 5.92 Å². The molecule has 2 amide bonds. The number of amides is 2. The van der Waals surface area contributed by atoms with Gasteiger partial charge in [0.2, 0.25) is 0 Å². The Kier molecular flexibility index (Phi) is 6.11. The molecule has 2 aliphatic rings. The molecular formula is C28H31N5O2. The molecule has 7 heteroatoms. The van der Waals surface area contributed by atoms with Crippen LogP contribution in [0.25, 0.3) is 10.9 Å². The second-order valence-electron chi connectivity index (χ2n) is 9.85. The molecule has 7 nitrogen and oxygen atoms in total. The lowest BCUT2D eigenvalue weighted by Crippen LogP contribution is -2.48. The summed E-state index contributed by atoms with van der Waals surface area (Å²) in [6.45, 7) is 9.54. The van der Waals surface area contributed by atoms with Gasteiger partial charge in [0, 0.05) is 38.1 Å². The lowest BCUT2D eigenvalue weighted by Gasteiger charge is -2.35. The third-order valence-corrected chi connectivity index (χ3v) is 7.25. The summed E-state index contributed by atoms with van der Waals surface area (Å²) in [6, 6.07) is 20.0. The topological polar surface area (TPSA) is 77.9 Å². The van der Waals surface area contributed by atoms with Crippen LogP contribution < -0.4 is 5.32 Å². The first-order valence-corrected chi connectivity index (χ1v) is 12.2. The van der Waals surface area contributed by atoms with Gasteiger partial charge in [-0.25, -0.2) is 9.98 Å². The largest absolute Gasteiger partial charge is 0.336 e. The molecule has 0 saturated carbocycles. The molecule has 5 rings (SSSR count). The summed E-state index contributed by atoms with van der Waals surface area (Å²) in [4.78, 5) is 40.4. The summed E-state index contributed by atoms with van der Waals surface area (Å²) in [5, 5.41) is 3.80. The van der Waals surface area contributed by atoms with Crippen LogP contribution in [0.2, 0.25) is 0 Å². The molecule has 1 aromatic heterocycles. The monoisotopic (exact) mass is 469 g/mol. The van der Waals surface area contributed by atoms with E-state index in [1.54, 1.807) is 0 Å². The lowest BCUT2D eigenvalue weighted by molar-refractivity contribution is -0.124. The van der Waals surface area contributed by atoms with Crippen molar-refractivity contribution in [1.82, 2.24) is 20.1 Å². The molecular weight excluding hydrogens is 438 g/mol. The van der Waals surface area contributed by atoms with Crippen molar-refractivity contribution >= 4 is 28.6 Å². The van der Waals surface area contributed by atoms with E-state index in [0.717, 1.165) is 30.5 Å². The highest BCUT2D eigenvalue weighted by Gasteiger charge is 2.43. The molecule has 0 radical (unpaired) electrons. The molecule has 1 saturated heterocycles. The number of piperazine rings is 1. The van der Waals surface area contributed by atoms with E-state index >= 15 is 0 Å². The maximum atomic E-state index is 13.8. The Hall–Kier alpha value is -3.58. The van der Waals surface area contributed by atoms with Crippen molar-refractivity contribution in [3.63, 3.8) is 0 Å². The number of carbonyl (C=O) groups is 2. The smallest absolute Gasteiger partial charge is 0.256 e. The first-order valence-electron chi connectivity index (χ1n) is 12.2. The van der Waals surface area contributed by atoms with Gasteiger partial charge in [-0.05, 0) is 30.5 Å². The fourth-order valence-electron chi connectivity index (χ4n) is 4.63. The van der Waals surface area contributed by atoms with Crippen molar-refractivity contribution < 1.29 is 9.59 Å². The highest BCUT2D eigenvalue weighted by molar-refractivity contribution is 6.19. The van der Waals surface area contributed by atoms with Crippen molar-refractivity contribution in [2.45, 2.75) is 32.9 Å². The number of pyridine rings is 1. The molecule has 3 aromatic rings. The van der Waals surface area contributed by atoms with E-state index in [9.17, 15) is 9.59 Å².